The highest BCUT2D eigenvalue weighted by Gasteiger charge is 2.22. The Balaban J connectivity index is 1.58. The minimum absolute atomic E-state index is 0.116. The third-order valence-corrected chi connectivity index (χ3v) is 4.78. The summed E-state index contributed by atoms with van der Waals surface area (Å²) in [5.74, 6) is -0.377. The zero-order valence-corrected chi connectivity index (χ0v) is 14.1. The van der Waals surface area contributed by atoms with Gasteiger partial charge < -0.3 is 9.88 Å². The van der Waals surface area contributed by atoms with Crippen LogP contribution in [0, 0.1) is 5.82 Å². The molecular weight excluding hydrogens is 341 g/mol. The van der Waals surface area contributed by atoms with Gasteiger partial charge in [0.2, 0.25) is 0 Å². The molecule has 6 heteroatoms. The number of fused-ring (bicyclic) bond motifs is 1. The van der Waals surface area contributed by atoms with Crippen LogP contribution >= 0.6 is 11.6 Å². The van der Waals surface area contributed by atoms with Gasteiger partial charge in [-0.2, -0.15) is 0 Å². The molecule has 1 aromatic carbocycles. The SMILES string of the molecule is O=C(c1cccnc1Cl)N1CC=C(c2c[nH]c3cc(F)ccc23)CC1. The van der Waals surface area contributed by atoms with Crippen LogP contribution in [0.4, 0.5) is 4.39 Å². The molecular formula is C19H15ClFN3O. The lowest BCUT2D eigenvalue weighted by Gasteiger charge is -2.26. The van der Waals surface area contributed by atoms with Crippen molar-refractivity contribution in [2.24, 2.45) is 0 Å². The molecule has 4 rings (SSSR count). The normalized spacial score (nSPS) is 14.6. The smallest absolute Gasteiger partial charge is 0.257 e. The van der Waals surface area contributed by atoms with E-state index in [4.69, 9.17) is 11.6 Å². The molecule has 1 amide bonds. The maximum absolute atomic E-state index is 13.3. The van der Waals surface area contributed by atoms with E-state index in [0.29, 0.717) is 18.7 Å². The van der Waals surface area contributed by atoms with Crippen molar-refractivity contribution >= 4 is 34.0 Å². The molecule has 0 saturated carbocycles. The Bertz CT molecular complexity index is 995. The third kappa shape index (κ3) is 2.91. The lowest BCUT2D eigenvalue weighted by atomic mass is 9.98. The summed E-state index contributed by atoms with van der Waals surface area (Å²) in [6.07, 6.45) is 6.23. The monoisotopic (exact) mass is 355 g/mol. The molecule has 0 unspecified atom stereocenters. The molecule has 0 atom stereocenters. The molecule has 25 heavy (non-hydrogen) atoms. The Morgan fingerprint density at radius 2 is 2.20 bits per heavy atom. The summed E-state index contributed by atoms with van der Waals surface area (Å²) >= 11 is 6.02. The van der Waals surface area contributed by atoms with E-state index in [1.165, 1.54) is 12.1 Å². The molecule has 0 bridgehead atoms. The predicted molar refractivity (Wildman–Crippen MR) is 96.0 cm³/mol. The van der Waals surface area contributed by atoms with E-state index < -0.39 is 0 Å². The molecule has 0 aliphatic carbocycles. The van der Waals surface area contributed by atoms with Crippen LogP contribution in [0.5, 0.6) is 0 Å². The minimum atomic E-state index is -0.261. The van der Waals surface area contributed by atoms with Crippen molar-refractivity contribution in [2.75, 3.05) is 13.1 Å². The second-order valence-electron chi connectivity index (χ2n) is 5.96. The summed E-state index contributed by atoms with van der Waals surface area (Å²) < 4.78 is 13.3. The number of rotatable bonds is 2. The fraction of sp³-hybridized carbons (Fsp3) is 0.158. The van der Waals surface area contributed by atoms with Gasteiger partial charge in [0.1, 0.15) is 11.0 Å². The summed E-state index contributed by atoms with van der Waals surface area (Å²) in [7, 11) is 0. The van der Waals surface area contributed by atoms with E-state index in [-0.39, 0.29) is 16.9 Å². The van der Waals surface area contributed by atoms with Crippen LogP contribution < -0.4 is 0 Å². The van der Waals surface area contributed by atoms with Crippen LogP contribution in [0.3, 0.4) is 0 Å². The van der Waals surface area contributed by atoms with E-state index in [1.54, 1.807) is 29.3 Å². The number of amides is 1. The maximum Gasteiger partial charge on any atom is 0.257 e. The molecule has 0 spiro atoms. The maximum atomic E-state index is 13.3. The number of nitrogens with one attached hydrogen (secondary N) is 1. The highest BCUT2D eigenvalue weighted by atomic mass is 35.5. The highest BCUT2D eigenvalue weighted by Crippen LogP contribution is 2.30. The molecule has 0 fully saturated rings. The van der Waals surface area contributed by atoms with Gasteiger partial charge >= 0.3 is 0 Å². The van der Waals surface area contributed by atoms with Crippen LogP contribution in [-0.2, 0) is 0 Å². The number of carbonyl (C=O) groups is 1. The Morgan fingerprint density at radius 3 is 2.96 bits per heavy atom. The molecule has 0 saturated heterocycles. The van der Waals surface area contributed by atoms with Gasteiger partial charge in [-0.25, -0.2) is 9.37 Å². The Hall–Kier alpha value is -2.66. The second-order valence-corrected chi connectivity index (χ2v) is 6.32. The summed E-state index contributed by atoms with van der Waals surface area (Å²) in [4.78, 5) is 21.4. The number of benzene rings is 1. The first-order valence-electron chi connectivity index (χ1n) is 7.99. The molecule has 4 nitrogen and oxygen atoms in total. The van der Waals surface area contributed by atoms with Gasteiger partial charge in [-0.3, -0.25) is 4.79 Å². The molecule has 1 aliphatic rings. The summed E-state index contributed by atoms with van der Waals surface area (Å²) in [6.45, 7) is 1.11. The number of aromatic amines is 1. The van der Waals surface area contributed by atoms with Crippen LogP contribution in [-0.4, -0.2) is 33.9 Å². The molecule has 3 aromatic rings. The summed E-state index contributed by atoms with van der Waals surface area (Å²) in [5.41, 5.74) is 3.40. The Morgan fingerprint density at radius 1 is 1.32 bits per heavy atom. The number of halogens is 2. The van der Waals surface area contributed by atoms with Crippen LogP contribution in [0.1, 0.15) is 22.3 Å². The van der Waals surface area contributed by atoms with Gasteiger partial charge in [-0.1, -0.05) is 17.7 Å². The Labute approximate surface area is 148 Å². The lowest BCUT2D eigenvalue weighted by Crippen LogP contribution is -2.34. The van der Waals surface area contributed by atoms with Gasteiger partial charge in [-0.05, 0) is 42.3 Å². The van der Waals surface area contributed by atoms with Gasteiger partial charge in [0.05, 0.1) is 5.56 Å². The number of nitrogens with zero attached hydrogens (tertiary/aromatic N) is 2. The fourth-order valence-electron chi connectivity index (χ4n) is 3.18. The van der Waals surface area contributed by atoms with Crippen molar-refractivity contribution < 1.29 is 9.18 Å². The van der Waals surface area contributed by atoms with Crippen molar-refractivity contribution in [2.45, 2.75) is 6.42 Å². The van der Waals surface area contributed by atoms with E-state index in [9.17, 15) is 9.18 Å². The zero-order valence-electron chi connectivity index (χ0n) is 13.3. The molecule has 3 heterocycles. The summed E-state index contributed by atoms with van der Waals surface area (Å²) in [5, 5.41) is 1.21. The molecule has 126 valence electrons. The van der Waals surface area contributed by atoms with Gasteiger partial charge in [0, 0.05) is 41.9 Å². The number of aromatic nitrogens is 2. The summed E-state index contributed by atoms with van der Waals surface area (Å²) in [6, 6.07) is 8.12. The largest absolute Gasteiger partial charge is 0.360 e. The second kappa shape index (κ2) is 6.33. The van der Waals surface area contributed by atoms with Crippen LogP contribution in [0.2, 0.25) is 5.15 Å². The van der Waals surface area contributed by atoms with Crippen LogP contribution in [0.15, 0.2) is 48.8 Å². The molecule has 0 radical (unpaired) electrons. The van der Waals surface area contributed by atoms with Crippen molar-refractivity contribution in [3.05, 3.63) is 70.9 Å². The predicted octanol–water partition coefficient (Wildman–Crippen LogP) is 4.28. The van der Waals surface area contributed by atoms with E-state index in [1.807, 2.05) is 12.3 Å². The van der Waals surface area contributed by atoms with Crippen molar-refractivity contribution in [1.29, 1.82) is 0 Å². The number of hydrogen-bond donors (Lipinski definition) is 1. The van der Waals surface area contributed by atoms with Crippen LogP contribution in [0.25, 0.3) is 16.5 Å². The molecule has 1 aliphatic heterocycles. The molecule has 2 aromatic heterocycles. The highest BCUT2D eigenvalue weighted by molar-refractivity contribution is 6.32. The lowest BCUT2D eigenvalue weighted by molar-refractivity contribution is 0.0772. The van der Waals surface area contributed by atoms with E-state index >= 15 is 0 Å². The first-order valence-corrected chi connectivity index (χ1v) is 8.37. The number of H-pyrrole nitrogens is 1. The third-order valence-electron chi connectivity index (χ3n) is 4.48. The first kappa shape index (κ1) is 15.8. The fourth-order valence-corrected chi connectivity index (χ4v) is 3.38. The molecule has 1 N–H and O–H groups in total. The number of hydrogen-bond acceptors (Lipinski definition) is 2. The van der Waals surface area contributed by atoms with Gasteiger partial charge in [-0.15, -0.1) is 0 Å². The standard InChI is InChI=1S/C19H15ClFN3O/c20-18-15(2-1-7-22-18)19(25)24-8-5-12(6-9-24)16-11-23-17-10-13(21)3-4-14(16)17/h1-5,7,10-11,23H,6,8-9H2. The van der Waals surface area contributed by atoms with Crippen molar-refractivity contribution in [3.8, 4) is 0 Å². The van der Waals surface area contributed by atoms with Gasteiger partial charge in [0.15, 0.2) is 0 Å². The minimum Gasteiger partial charge on any atom is -0.360 e. The van der Waals surface area contributed by atoms with Crippen molar-refractivity contribution in [3.63, 3.8) is 0 Å². The van der Waals surface area contributed by atoms with Gasteiger partial charge in [0.25, 0.3) is 5.91 Å². The zero-order chi connectivity index (χ0) is 17.4. The number of carbonyl (C=O) groups excluding carboxylic acids is 1. The Kier molecular flexibility index (Phi) is 4.01. The number of pyridine rings is 1. The average Bonchev–Trinajstić information content (AvgIpc) is 3.04. The average molecular weight is 356 g/mol. The quantitative estimate of drug-likeness (QED) is 0.697. The van der Waals surface area contributed by atoms with E-state index in [2.05, 4.69) is 9.97 Å². The van der Waals surface area contributed by atoms with E-state index in [0.717, 1.165) is 28.5 Å². The topological polar surface area (TPSA) is 49.0 Å². The van der Waals surface area contributed by atoms with Crippen molar-refractivity contribution in [1.82, 2.24) is 14.9 Å². The first-order chi connectivity index (χ1) is 12.1.